The number of amides is 1. The third-order valence-electron chi connectivity index (χ3n) is 3.70. The van der Waals surface area contributed by atoms with Gasteiger partial charge in [0.15, 0.2) is 0 Å². The van der Waals surface area contributed by atoms with Gasteiger partial charge in [0, 0.05) is 17.8 Å². The van der Waals surface area contributed by atoms with E-state index in [1.807, 2.05) is 49.4 Å². The lowest BCUT2D eigenvalue weighted by molar-refractivity contribution is -0.122. The topological polar surface area (TPSA) is 76.9 Å². The molecule has 0 bridgehead atoms. The van der Waals surface area contributed by atoms with Crippen molar-refractivity contribution in [2.45, 2.75) is 20.0 Å². The Hall–Kier alpha value is -3.28. The van der Waals surface area contributed by atoms with Crippen molar-refractivity contribution in [2.75, 3.05) is 0 Å². The number of aromatic nitrogens is 3. The van der Waals surface area contributed by atoms with Crippen molar-refractivity contribution in [3.63, 3.8) is 0 Å². The van der Waals surface area contributed by atoms with Crippen molar-refractivity contribution in [1.29, 1.82) is 0 Å². The van der Waals surface area contributed by atoms with E-state index in [2.05, 4.69) is 15.4 Å². The van der Waals surface area contributed by atoms with E-state index in [0.717, 1.165) is 16.8 Å². The van der Waals surface area contributed by atoms with Crippen LogP contribution in [0.25, 0.3) is 11.3 Å². The maximum absolute atomic E-state index is 12.1. The molecule has 6 nitrogen and oxygen atoms in total. The zero-order chi connectivity index (χ0) is 17.6. The summed E-state index contributed by atoms with van der Waals surface area (Å²) in [6.45, 7) is 2.18. The smallest absolute Gasteiger partial charge is 0.267 e. The van der Waals surface area contributed by atoms with E-state index >= 15 is 0 Å². The number of carbonyl (C=O) groups excluding carboxylic acids is 1. The van der Waals surface area contributed by atoms with Crippen LogP contribution in [0.5, 0.6) is 0 Å². The fourth-order valence-electron chi connectivity index (χ4n) is 2.32. The van der Waals surface area contributed by atoms with Gasteiger partial charge >= 0.3 is 0 Å². The molecule has 0 aliphatic heterocycles. The van der Waals surface area contributed by atoms with Crippen LogP contribution in [0.15, 0.2) is 65.6 Å². The van der Waals surface area contributed by atoms with E-state index in [0.29, 0.717) is 12.2 Å². The van der Waals surface area contributed by atoms with Crippen LogP contribution in [0.2, 0.25) is 0 Å². The van der Waals surface area contributed by atoms with Gasteiger partial charge in [0.1, 0.15) is 6.54 Å². The number of nitrogens with zero attached hydrogens (tertiary/aromatic N) is 3. The van der Waals surface area contributed by atoms with Crippen molar-refractivity contribution >= 4 is 5.91 Å². The third-order valence-corrected chi connectivity index (χ3v) is 3.70. The van der Waals surface area contributed by atoms with Crippen LogP contribution in [0.3, 0.4) is 0 Å². The van der Waals surface area contributed by atoms with Gasteiger partial charge in [0.2, 0.25) is 5.91 Å². The highest BCUT2D eigenvalue weighted by Crippen LogP contribution is 2.15. The van der Waals surface area contributed by atoms with Gasteiger partial charge in [0.05, 0.1) is 17.9 Å². The van der Waals surface area contributed by atoms with Crippen LogP contribution < -0.4 is 10.9 Å². The molecule has 6 heteroatoms. The summed E-state index contributed by atoms with van der Waals surface area (Å²) in [4.78, 5) is 28.2. The molecule has 1 amide bonds. The second kappa shape index (κ2) is 7.53. The summed E-state index contributed by atoms with van der Waals surface area (Å²) >= 11 is 0. The second-order valence-electron chi connectivity index (χ2n) is 5.68. The Morgan fingerprint density at radius 2 is 1.88 bits per heavy atom. The van der Waals surface area contributed by atoms with Crippen molar-refractivity contribution in [3.8, 4) is 11.3 Å². The summed E-state index contributed by atoms with van der Waals surface area (Å²) in [6.07, 6.45) is 1.67. The normalized spacial score (nSPS) is 10.4. The minimum atomic E-state index is -0.316. The molecule has 25 heavy (non-hydrogen) atoms. The van der Waals surface area contributed by atoms with Crippen LogP contribution in [0, 0.1) is 6.92 Å². The third kappa shape index (κ3) is 4.38. The average Bonchev–Trinajstić information content (AvgIpc) is 2.63. The maximum Gasteiger partial charge on any atom is 0.267 e. The molecule has 0 saturated heterocycles. The molecule has 0 fully saturated rings. The highest BCUT2D eigenvalue weighted by atomic mass is 16.2. The summed E-state index contributed by atoms with van der Waals surface area (Å²) in [6, 6.07) is 16.4. The molecule has 126 valence electrons. The first-order valence-corrected chi connectivity index (χ1v) is 7.93. The van der Waals surface area contributed by atoms with Crippen LogP contribution in [0.1, 0.15) is 11.3 Å². The van der Waals surface area contributed by atoms with Crippen LogP contribution in [-0.2, 0) is 17.9 Å². The number of aryl methyl sites for hydroxylation is 1. The maximum atomic E-state index is 12.1. The fourth-order valence-corrected chi connectivity index (χ4v) is 2.32. The molecule has 0 spiro atoms. The first kappa shape index (κ1) is 16.6. The molecule has 3 rings (SSSR count). The van der Waals surface area contributed by atoms with Crippen LogP contribution >= 0.6 is 0 Å². The average molecular weight is 334 g/mol. The number of rotatable bonds is 5. The van der Waals surface area contributed by atoms with E-state index in [4.69, 9.17) is 0 Å². The molecule has 2 aromatic heterocycles. The molecular formula is C19H18N4O2. The fraction of sp³-hybridized carbons (Fsp3) is 0.158. The summed E-state index contributed by atoms with van der Waals surface area (Å²) in [5.41, 5.74) is 3.13. The van der Waals surface area contributed by atoms with Crippen molar-refractivity contribution in [3.05, 3.63) is 82.4 Å². The van der Waals surface area contributed by atoms with E-state index in [1.54, 1.807) is 12.3 Å². The number of pyridine rings is 1. The zero-order valence-electron chi connectivity index (χ0n) is 13.8. The molecule has 0 atom stereocenters. The summed E-state index contributed by atoms with van der Waals surface area (Å²) in [7, 11) is 0. The Labute approximate surface area is 145 Å². The van der Waals surface area contributed by atoms with Gasteiger partial charge in [-0.25, -0.2) is 4.68 Å². The van der Waals surface area contributed by atoms with Crippen molar-refractivity contribution in [1.82, 2.24) is 20.1 Å². The predicted molar refractivity (Wildman–Crippen MR) is 94.8 cm³/mol. The number of benzene rings is 1. The van der Waals surface area contributed by atoms with Gasteiger partial charge in [-0.1, -0.05) is 35.9 Å². The molecule has 0 unspecified atom stereocenters. The number of hydrogen-bond acceptors (Lipinski definition) is 4. The van der Waals surface area contributed by atoms with Crippen molar-refractivity contribution in [2.24, 2.45) is 0 Å². The van der Waals surface area contributed by atoms with Gasteiger partial charge in [-0.2, -0.15) is 5.10 Å². The first-order chi connectivity index (χ1) is 12.1. The Morgan fingerprint density at radius 1 is 1.08 bits per heavy atom. The van der Waals surface area contributed by atoms with E-state index in [9.17, 15) is 9.59 Å². The highest BCUT2D eigenvalue weighted by molar-refractivity contribution is 5.75. The zero-order valence-corrected chi connectivity index (χ0v) is 13.8. The summed E-state index contributed by atoms with van der Waals surface area (Å²) in [5.74, 6) is -0.290. The van der Waals surface area contributed by atoms with Crippen LogP contribution in [0.4, 0.5) is 0 Å². The Balaban J connectivity index is 1.71. The molecule has 0 aliphatic rings. The van der Waals surface area contributed by atoms with Gasteiger partial charge in [-0.05, 0) is 25.1 Å². The molecule has 1 N–H and O–H groups in total. The molecule has 0 aliphatic carbocycles. The highest BCUT2D eigenvalue weighted by Gasteiger charge is 2.08. The lowest BCUT2D eigenvalue weighted by Crippen LogP contribution is -2.33. The summed E-state index contributed by atoms with van der Waals surface area (Å²) < 4.78 is 1.17. The molecular weight excluding hydrogens is 316 g/mol. The minimum absolute atomic E-state index is 0.134. The predicted octanol–water partition coefficient (Wildman–Crippen LogP) is 1.93. The monoisotopic (exact) mass is 334 g/mol. The molecule has 3 aromatic rings. The second-order valence-corrected chi connectivity index (χ2v) is 5.68. The van der Waals surface area contributed by atoms with Gasteiger partial charge < -0.3 is 5.32 Å². The van der Waals surface area contributed by atoms with Crippen molar-refractivity contribution < 1.29 is 4.79 Å². The molecule has 0 saturated carbocycles. The van der Waals surface area contributed by atoms with E-state index in [-0.39, 0.29) is 18.0 Å². The van der Waals surface area contributed by atoms with E-state index < -0.39 is 0 Å². The Bertz CT molecular complexity index is 918. The standard InChI is InChI=1S/C19H18N4O2/c1-14-5-7-15(8-6-14)17-9-10-19(25)23(22-17)13-18(24)21-12-16-4-2-3-11-20-16/h2-11H,12-13H2,1H3,(H,21,24). The number of hydrogen-bond donors (Lipinski definition) is 1. The first-order valence-electron chi connectivity index (χ1n) is 7.93. The Kier molecular flexibility index (Phi) is 4.99. The molecule has 1 aromatic carbocycles. The van der Waals surface area contributed by atoms with Gasteiger partial charge in [-0.3, -0.25) is 14.6 Å². The SMILES string of the molecule is Cc1ccc(-c2ccc(=O)n(CC(=O)NCc3ccccn3)n2)cc1. The lowest BCUT2D eigenvalue weighted by Gasteiger charge is -2.08. The largest absolute Gasteiger partial charge is 0.349 e. The minimum Gasteiger partial charge on any atom is -0.349 e. The van der Waals surface area contributed by atoms with Gasteiger partial charge in [0.25, 0.3) is 5.56 Å². The number of carbonyl (C=O) groups is 1. The molecule has 0 radical (unpaired) electrons. The summed E-state index contributed by atoms with van der Waals surface area (Å²) in [5, 5.41) is 7.04. The Morgan fingerprint density at radius 3 is 2.60 bits per heavy atom. The van der Waals surface area contributed by atoms with Gasteiger partial charge in [-0.15, -0.1) is 0 Å². The van der Waals surface area contributed by atoms with E-state index in [1.165, 1.54) is 10.7 Å². The number of nitrogens with one attached hydrogen (secondary N) is 1. The lowest BCUT2D eigenvalue weighted by atomic mass is 10.1. The molecule has 2 heterocycles. The quantitative estimate of drug-likeness (QED) is 0.773. The van der Waals surface area contributed by atoms with Crippen LogP contribution in [-0.4, -0.2) is 20.7 Å².